The number of carboxylic acid groups (broad SMARTS) is 1. The molecule has 1 amide bonds. The van der Waals surface area contributed by atoms with Crippen LogP contribution in [-0.2, 0) is 15.2 Å². The number of amides is 1. The van der Waals surface area contributed by atoms with E-state index >= 15 is 0 Å². The van der Waals surface area contributed by atoms with E-state index in [-0.39, 0.29) is 11.5 Å². The van der Waals surface area contributed by atoms with Crippen molar-refractivity contribution < 1.29 is 46.1 Å². The standard InChI is InChI=1S/C19H19F3N6O2.C2HF3O2/c1-10-3-4-13(18(30,19(20,21)22)9-25-11(2)29)5-14(10)15-8-24-17(23)16(28-15)12-6-26-27-7-12;3-2(4,5)1(6)7/h3-8,30H,9H2,1-2H3,(H2,23,24)(H,25,29)(H,26,27);(H,6,7). The molecule has 0 radical (unpaired) electrons. The fourth-order valence-electron chi connectivity index (χ4n) is 2.89. The molecule has 6 N–H and O–H groups in total. The molecule has 0 saturated carbocycles. The number of benzene rings is 1. The molecule has 0 spiro atoms. The Morgan fingerprint density at radius 3 is 2.24 bits per heavy atom. The van der Waals surface area contributed by atoms with Crippen molar-refractivity contribution in [3.05, 3.63) is 47.9 Å². The van der Waals surface area contributed by atoms with Crippen molar-refractivity contribution in [3.63, 3.8) is 0 Å². The molecule has 2 aromatic heterocycles. The zero-order valence-electron chi connectivity index (χ0n) is 19.1. The molecule has 0 saturated heterocycles. The number of nitrogens with one attached hydrogen (secondary N) is 2. The number of H-pyrrole nitrogens is 1. The van der Waals surface area contributed by atoms with Crippen LogP contribution in [0.2, 0.25) is 0 Å². The van der Waals surface area contributed by atoms with E-state index in [1.807, 2.05) is 5.32 Å². The third-order valence-corrected chi connectivity index (χ3v) is 4.87. The third-order valence-electron chi connectivity index (χ3n) is 4.87. The highest BCUT2D eigenvalue weighted by Crippen LogP contribution is 2.40. The van der Waals surface area contributed by atoms with E-state index in [4.69, 9.17) is 15.6 Å². The maximum absolute atomic E-state index is 13.7. The summed E-state index contributed by atoms with van der Waals surface area (Å²) in [6.07, 6.45) is -5.73. The second kappa shape index (κ2) is 10.8. The van der Waals surface area contributed by atoms with Gasteiger partial charge in [-0.15, -0.1) is 0 Å². The van der Waals surface area contributed by atoms with Gasteiger partial charge in [0.05, 0.1) is 24.6 Å². The molecule has 1 aromatic carbocycles. The number of rotatable bonds is 5. The highest BCUT2D eigenvalue weighted by Gasteiger charge is 2.55. The molecule has 3 rings (SSSR count). The number of anilines is 1. The number of aromatic amines is 1. The fourth-order valence-corrected chi connectivity index (χ4v) is 2.89. The molecule has 2 heterocycles. The zero-order chi connectivity index (χ0) is 28.2. The quantitative estimate of drug-likeness (QED) is 0.312. The van der Waals surface area contributed by atoms with Crippen molar-refractivity contribution in [2.75, 3.05) is 12.3 Å². The Balaban J connectivity index is 0.000000604. The minimum atomic E-state index is -5.08. The molecule has 1 atom stereocenters. The molecule has 0 fully saturated rings. The number of carbonyl (C=O) groups is 2. The molecule has 0 aliphatic carbocycles. The monoisotopic (exact) mass is 534 g/mol. The second-order valence-electron chi connectivity index (χ2n) is 7.58. The Kier molecular flexibility index (Phi) is 8.48. The lowest BCUT2D eigenvalue weighted by molar-refractivity contribution is -0.264. The summed E-state index contributed by atoms with van der Waals surface area (Å²) in [4.78, 5) is 28.6. The topological polar surface area (TPSA) is 167 Å². The molecule has 16 heteroatoms. The number of aryl methyl sites for hydroxylation is 1. The number of hydrogen-bond acceptors (Lipinski definition) is 7. The largest absolute Gasteiger partial charge is 0.490 e. The molecule has 37 heavy (non-hydrogen) atoms. The number of nitrogen functional groups attached to an aromatic ring is 1. The summed E-state index contributed by atoms with van der Waals surface area (Å²) < 4.78 is 72.9. The average Bonchev–Trinajstić information content (AvgIpc) is 3.32. The molecule has 1 unspecified atom stereocenters. The van der Waals surface area contributed by atoms with E-state index < -0.39 is 41.9 Å². The van der Waals surface area contributed by atoms with Crippen molar-refractivity contribution in [3.8, 4) is 22.5 Å². The number of aliphatic hydroxyl groups is 1. The SMILES string of the molecule is CC(=O)NCC(O)(c1ccc(C)c(-c2cnc(N)c(-c3cn[nH]c3)n2)c1)C(F)(F)F.O=C(O)C(F)(F)F. The number of halogens is 6. The van der Waals surface area contributed by atoms with Gasteiger partial charge in [0.15, 0.2) is 0 Å². The van der Waals surface area contributed by atoms with E-state index in [9.17, 15) is 36.2 Å². The van der Waals surface area contributed by atoms with Gasteiger partial charge in [0.1, 0.15) is 11.5 Å². The summed E-state index contributed by atoms with van der Waals surface area (Å²) in [7, 11) is 0. The van der Waals surface area contributed by atoms with Crippen LogP contribution in [0, 0.1) is 6.92 Å². The molecule has 0 aliphatic heterocycles. The smallest absolute Gasteiger partial charge is 0.475 e. The van der Waals surface area contributed by atoms with E-state index in [1.54, 1.807) is 13.1 Å². The highest BCUT2D eigenvalue weighted by molar-refractivity contribution is 5.74. The van der Waals surface area contributed by atoms with Gasteiger partial charge in [-0.2, -0.15) is 31.4 Å². The van der Waals surface area contributed by atoms with Gasteiger partial charge in [0.2, 0.25) is 11.5 Å². The van der Waals surface area contributed by atoms with Crippen molar-refractivity contribution in [1.29, 1.82) is 0 Å². The normalized spacial score (nSPS) is 13.2. The van der Waals surface area contributed by atoms with Crippen LogP contribution in [0.15, 0.2) is 36.8 Å². The van der Waals surface area contributed by atoms with Crippen LogP contribution in [0.4, 0.5) is 32.2 Å². The first kappa shape index (κ1) is 29.0. The van der Waals surface area contributed by atoms with E-state index in [0.29, 0.717) is 22.4 Å². The first-order valence-corrected chi connectivity index (χ1v) is 10.0. The van der Waals surface area contributed by atoms with E-state index in [2.05, 4.69) is 20.2 Å². The Labute approximate surface area is 204 Å². The number of carboxylic acids is 1. The van der Waals surface area contributed by atoms with Gasteiger partial charge in [0, 0.05) is 24.2 Å². The Morgan fingerprint density at radius 1 is 1.14 bits per heavy atom. The van der Waals surface area contributed by atoms with Crippen LogP contribution in [0.25, 0.3) is 22.5 Å². The predicted octanol–water partition coefficient (Wildman–Crippen LogP) is 2.94. The molecule has 0 aliphatic rings. The van der Waals surface area contributed by atoms with Gasteiger partial charge in [-0.3, -0.25) is 9.89 Å². The van der Waals surface area contributed by atoms with Crippen LogP contribution in [0.5, 0.6) is 0 Å². The van der Waals surface area contributed by atoms with Crippen molar-refractivity contribution in [2.45, 2.75) is 31.8 Å². The van der Waals surface area contributed by atoms with Gasteiger partial charge in [-0.25, -0.2) is 14.8 Å². The minimum Gasteiger partial charge on any atom is -0.475 e. The van der Waals surface area contributed by atoms with Crippen LogP contribution < -0.4 is 11.1 Å². The van der Waals surface area contributed by atoms with Gasteiger partial charge < -0.3 is 21.3 Å². The van der Waals surface area contributed by atoms with Crippen molar-refractivity contribution in [1.82, 2.24) is 25.5 Å². The maximum atomic E-state index is 13.7. The van der Waals surface area contributed by atoms with Gasteiger partial charge in [-0.1, -0.05) is 12.1 Å². The molecular formula is C21H20F6N6O4. The van der Waals surface area contributed by atoms with Gasteiger partial charge in [0.25, 0.3) is 0 Å². The van der Waals surface area contributed by atoms with Crippen LogP contribution in [0.3, 0.4) is 0 Å². The molecule has 3 aromatic rings. The Morgan fingerprint density at radius 2 is 1.76 bits per heavy atom. The molecule has 0 bridgehead atoms. The first-order chi connectivity index (χ1) is 17.0. The summed E-state index contributed by atoms with van der Waals surface area (Å²) in [5, 5.41) is 26.1. The minimum absolute atomic E-state index is 0.131. The molecule has 10 nitrogen and oxygen atoms in total. The van der Waals surface area contributed by atoms with Crippen molar-refractivity contribution in [2.24, 2.45) is 0 Å². The van der Waals surface area contributed by atoms with E-state index in [0.717, 1.165) is 13.0 Å². The fraction of sp³-hybridized carbons (Fsp3) is 0.286. The number of aliphatic carboxylic acids is 1. The van der Waals surface area contributed by atoms with Crippen molar-refractivity contribution >= 4 is 17.7 Å². The summed E-state index contributed by atoms with van der Waals surface area (Å²) in [6, 6.07) is 3.78. The number of nitrogens with zero attached hydrogens (tertiary/aromatic N) is 3. The average molecular weight is 534 g/mol. The lowest BCUT2D eigenvalue weighted by Gasteiger charge is -2.31. The highest BCUT2D eigenvalue weighted by atomic mass is 19.4. The Bertz CT molecular complexity index is 1260. The summed E-state index contributed by atoms with van der Waals surface area (Å²) in [5.41, 5.74) is 4.24. The number of nitrogens with two attached hydrogens (primary N) is 1. The van der Waals surface area contributed by atoms with Gasteiger partial charge >= 0.3 is 18.3 Å². The molecular weight excluding hydrogens is 514 g/mol. The molecule has 200 valence electrons. The number of alkyl halides is 6. The predicted molar refractivity (Wildman–Crippen MR) is 117 cm³/mol. The summed E-state index contributed by atoms with van der Waals surface area (Å²) in [5.74, 6) is -3.32. The van der Waals surface area contributed by atoms with E-state index in [1.165, 1.54) is 24.5 Å². The lowest BCUT2D eigenvalue weighted by Crippen LogP contribution is -2.50. The van der Waals surface area contributed by atoms with Gasteiger partial charge in [-0.05, 0) is 24.1 Å². The first-order valence-electron chi connectivity index (χ1n) is 10.0. The lowest BCUT2D eigenvalue weighted by atomic mass is 9.89. The number of hydrogen-bond donors (Lipinski definition) is 5. The second-order valence-corrected chi connectivity index (χ2v) is 7.58. The van der Waals surface area contributed by atoms with Crippen LogP contribution in [-0.4, -0.2) is 61.2 Å². The summed E-state index contributed by atoms with van der Waals surface area (Å²) >= 11 is 0. The third kappa shape index (κ3) is 6.93. The number of aromatic nitrogens is 4. The Hall–Kier alpha value is -4.21. The van der Waals surface area contributed by atoms with Crippen LogP contribution in [0.1, 0.15) is 18.1 Å². The van der Waals surface area contributed by atoms with Crippen LogP contribution >= 0.6 is 0 Å². The number of carbonyl (C=O) groups excluding carboxylic acids is 1. The maximum Gasteiger partial charge on any atom is 0.490 e. The summed E-state index contributed by atoms with van der Waals surface area (Å²) in [6.45, 7) is 1.73. The zero-order valence-corrected chi connectivity index (χ0v) is 19.1.